The highest BCUT2D eigenvalue weighted by molar-refractivity contribution is 5.97. The molecule has 134 valence electrons. The Morgan fingerprint density at radius 1 is 1.19 bits per heavy atom. The summed E-state index contributed by atoms with van der Waals surface area (Å²) in [5.74, 6) is 1.96. The molecule has 2 amide bonds. The number of amides is 2. The van der Waals surface area contributed by atoms with Gasteiger partial charge in [0.1, 0.15) is 11.8 Å². The monoisotopic (exact) mass is 350 g/mol. The van der Waals surface area contributed by atoms with Gasteiger partial charge in [0.15, 0.2) is 0 Å². The summed E-state index contributed by atoms with van der Waals surface area (Å²) >= 11 is 0. The molecule has 0 aliphatic heterocycles. The molecule has 1 aliphatic rings. The molecule has 1 N–H and O–H groups in total. The summed E-state index contributed by atoms with van der Waals surface area (Å²) in [6, 6.07) is 12.1. The predicted octanol–water partition coefficient (Wildman–Crippen LogP) is 3.04. The molecule has 0 saturated heterocycles. The van der Waals surface area contributed by atoms with Crippen molar-refractivity contribution in [3.63, 3.8) is 0 Å². The largest absolute Gasteiger partial charge is 0.467 e. The van der Waals surface area contributed by atoms with E-state index in [1.54, 1.807) is 12.1 Å². The highest BCUT2D eigenvalue weighted by atomic mass is 16.3. The molecule has 26 heavy (non-hydrogen) atoms. The van der Waals surface area contributed by atoms with Crippen LogP contribution in [-0.2, 0) is 16.1 Å². The van der Waals surface area contributed by atoms with E-state index in [0.717, 1.165) is 31.2 Å². The van der Waals surface area contributed by atoms with Crippen LogP contribution in [0.4, 0.5) is 0 Å². The molecule has 1 saturated carbocycles. The first kappa shape index (κ1) is 17.8. The first-order valence-corrected chi connectivity index (χ1v) is 8.84. The van der Waals surface area contributed by atoms with Gasteiger partial charge in [-0.3, -0.25) is 9.59 Å². The van der Waals surface area contributed by atoms with E-state index in [-0.39, 0.29) is 18.5 Å². The van der Waals surface area contributed by atoms with Gasteiger partial charge in [0, 0.05) is 6.04 Å². The zero-order chi connectivity index (χ0) is 18.4. The molecule has 0 radical (unpaired) electrons. The molecule has 1 aromatic heterocycles. The summed E-state index contributed by atoms with van der Waals surface area (Å²) in [5.41, 5.74) is 0.721. The lowest BCUT2D eigenvalue weighted by Gasteiger charge is -2.30. The Morgan fingerprint density at radius 3 is 2.54 bits per heavy atom. The Bertz CT molecular complexity index is 771. The van der Waals surface area contributed by atoms with Crippen LogP contribution in [0, 0.1) is 12.3 Å². The van der Waals surface area contributed by atoms with Crippen LogP contribution < -0.4 is 5.32 Å². The molecule has 1 aliphatic carbocycles. The minimum Gasteiger partial charge on any atom is -0.467 e. The van der Waals surface area contributed by atoms with Crippen LogP contribution in [0.15, 0.2) is 53.1 Å². The summed E-state index contributed by atoms with van der Waals surface area (Å²) in [5, 5.41) is 3.08. The molecule has 1 aromatic carbocycles. The topological polar surface area (TPSA) is 62.6 Å². The van der Waals surface area contributed by atoms with E-state index in [4.69, 9.17) is 10.8 Å². The van der Waals surface area contributed by atoms with Crippen LogP contribution >= 0.6 is 0 Å². The van der Waals surface area contributed by atoms with Crippen molar-refractivity contribution < 1.29 is 14.0 Å². The first-order chi connectivity index (χ1) is 12.7. The molecular weight excluding hydrogens is 328 g/mol. The second-order valence-corrected chi connectivity index (χ2v) is 6.46. The van der Waals surface area contributed by atoms with Crippen molar-refractivity contribution in [2.45, 2.75) is 44.3 Å². The van der Waals surface area contributed by atoms with Crippen molar-refractivity contribution in [2.75, 3.05) is 0 Å². The van der Waals surface area contributed by atoms with Gasteiger partial charge in [0.05, 0.1) is 12.8 Å². The molecule has 0 unspecified atom stereocenters. The molecule has 0 spiro atoms. The van der Waals surface area contributed by atoms with Gasteiger partial charge in [-0.25, -0.2) is 0 Å². The molecule has 5 heteroatoms. The van der Waals surface area contributed by atoms with Gasteiger partial charge < -0.3 is 14.6 Å². The van der Waals surface area contributed by atoms with E-state index in [0.29, 0.717) is 5.76 Å². The molecule has 1 atom stereocenters. The van der Waals surface area contributed by atoms with E-state index in [1.807, 2.05) is 30.3 Å². The number of nitrogens with one attached hydrogen (secondary N) is 1. The number of rotatable bonds is 6. The molecule has 1 fully saturated rings. The van der Waals surface area contributed by atoms with Gasteiger partial charge in [-0.2, -0.15) is 0 Å². The molecule has 5 nitrogen and oxygen atoms in total. The summed E-state index contributed by atoms with van der Waals surface area (Å²) < 4.78 is 5.36. The SMILES string of the molecule is C#CC(=O)N(Cc1ccco1)[C@H](C(=O)NC1CCCC1)c1ccccc1. The second-order valence-electron chi connectivity index (χ2n) is 6.46. The van der Waals surface area contributed by atoms with Gasteiger partial charge in [0.25, 0.3) is 5.91 Å². The number of carbonyl (C=O) groups excluding carboxylic acids is 2. The van der Waals surface area contributed by atoms with Crippen molar-refractivity contribution in [2.24, 2.45) is 0 Å². The van der Waals surface area contributed by atoms with Crippen LogP contribution in [0.5, 0.6) is 0 Å². The number of furan rings is 1. The minimum absolute atomic E-state index is 0.133. The maximum atomic E-state index is 13.1. The summed E-state index contributed by atoms with van der Waals surface area (Å²) in [7, 11) is 0. The fourth-order valence-electron chi connectivity index (χ4n) is 3.39. The van der Waals surface area contributed by atoms with Crippen molar-refractivity contribution >= 4 is 11.8 Å². The fraction of sp³-hybridized carbons (Fsp3) is 0.333. The lowest BCUT2D eigenvalue weighted by molar-refractivity contribution is -0.138. The Kier molecular flexibility index (Phi) is 5.75. The number of nitrogens with zero attached hydrogens (tertiary/aromatic N) is 1. The van der Waals surface area contributed by atoms with Gasteiger partial charge in [0.2, 0.25) is 5.91 Å². The Hall–Kier alpha value is -3.00. The number of hydrogen-bond donors (Lipinski definition) is 1. The standard InChI is InChI=1S/C21H22N2O3/c1-2-19(24)23(15-18-13-8-14-26-18)20(16-9-4-3-5-10-16)21(25)22-17-11-6-7-12-17/h1,3-5,8-10,13-14,17,20H,6-7,11-12,15H2,(H,22,25)/t20-/m0/s1. The van der Waals surface area contributed by atoms with Gasteiger partial charge in [-0.05, 0) is 36.5 Å². The molecule has 2 aromatic rings. The number of terminal acetylenes is 1. The number of benzene rings is 1. The number of carbonyl (C=O) groups is 2. The lowest BCUT2D eigenvalue weighted by Crippen LogP contribution is -2.45. The number of hydrogen-bond acceptors (Lipinski definition) is 3. The lowest BCUT2D eigenvalue weighted by atomic mass is 10.0. The Balaban J connectivity index is 1.91. The van der Waals surface area contributed by atoms with Crippen LogP contribution in [0.1, 0.15) is 43.0 Å². The molecular formula is C21H22N2O3. The molecule has 0 bridgehead atoms. The minimum atomic E-state index is -0.801. The normalized spacial score (nSPS) is 15.2. The van der Waals surface area contributed by atoms with Crippen molar-refractivity contribution in [3.8, 4) is 12.3 Å². The summed E-state index contributed by atoms with van der Waals surface area (Å²) in [4.78, 5) is 26.9. The zero-order valence-electron chi connectivity index (χ0n) is 14.6. The zero-order valence-corrected chi connectivity index (χ0v) is 14.6. The Labute approximate surface area is 153 Å². The summed E-state index contributed by atoms with van der Waals surface area (Å²) in [6.45, 7) is 0.133. The Morgan fingerprint density at radius 2 is 1.92 bits per heavy atom. The van der Waals surface area contributed by atoms with E-state index in [1.165, 1.54) is 11.2 Å². The predicted molar refractivity (Wildman–Crippen MR) is 97.7 cm³/mol. The van der Waals surface area contributed by atoms with E-state index >= 15 is 0 Å². The van der Waals surface area contributed by atoms with Crippen molar-refractivity contribution in [1.82, 2.24) is 10.2 Å². The smallest absolute Gasteiger partial charge is 0.299 e. The quantitative estimate of drug-likeness (QED) is 0.815. The first-order valence-electron chi connectivity index (χ1n) is 8.84. The molecule has 1 heterocycles. The van der Waals surface area contributed by atoms with Crippen LogP contribution in [0.3, 0.4) is 0 Å². The van der Waals surface area contributed by atoms with Gasteiger partial charge in [-0.15, -0.1) is 6.42 Å². The third kappa shape index (κ3) is 4.15. The summed E-state index contributed by atoms with van der Waals surface area (Å²) in [6.07, 6.45) is 11.1. The van der Waals surface area contributed by atoms with E-state index in [2.05, 4.69) is 11.2 Å². The van der Waals surface area contributed by atoms with Crippen molar-refractivity contribution in [1.29, 1.82) is 0 Å². The molecule has 3 rings (SSSR count). The van der Waals surface area contributed by atoms with E-state index < -0.39 is 11.9 Å². The van der Waals surface area contributed by atoms with Crippen molar-refractivity contribution in [3.05, 3.63) is 60.1 Å². The fourth-order valence-corrected chi connectivity index (χ4v) is 3.39. The average molecular weight is 350 g/mol. The van der Waals surface area contributed by atoms with E-state index in [9.17, 15) is 9.59 Å². The highest BCUT2D eigenvalue weighted by Gasteiger charge is 2.33. The second kappa shape index (κ2) is 8.39. The average Bonchev–Trinajstić information content (AvgIpc) is 3.35. The third-order valence-corrected chi connectivity index (χ3v) is 4.67. The third-order valence-electron chi connectivity index (χ3n) is 4.67. The maximum Gasteiger partial charge on any atom is 0.299 e. The maximum absolute atomic E-state index is 13.1. The highest BCUT2D eigenvalue weighted by Crippen LogP contribution is 2.26. The van der Waals surface area contributed by atoms with Crippen LogP contribution in [0.2, 0.25) is 0 Å². The van der Waals surface area contributed by atoms with Crippen LogP contribution in [-0.4, -0.2) is 22.8 Å². The van der Waals surface area contributed by atoms with Gasteiger partial charge >= 0.3 is 0 Å². The van der Waals surface area contributed by atoms with Gasteiger partial charge in [-0.1, -0.05) is 43.2 Å². The van der Waals surface area contributed by atoms with Crippen LogP contribution in [0.25, 0.3) is 0 Å².